The highest BCUT2D eigenvalue weighted by atomic mass is 32.2. The van der Waals surface area contributed by atoms with Gasteiger partial charge in [0.05, 0.1) is 0 Å². The standard InChI is InChI=1S/C3H6OS/c1-2-5-3-4/h3H,2H2,1H3/i3T. The van der Waals surface area contributed by atoms with Gasteiger partial charge in [-0.15, -0.1) is 0 Å². The van der Waals surface area contributed by atoms with E-state index < -0.39 is 5.59 Å². The van der Waals surface area contributed by atoms with E-state index in [1.54, 1.807) is 0 Å². The molecule has 0 amide bonds. The fraction of sp³-hybridized carbons (Fsp3) is 0.667. The van der Waals surface area contributed by atoms with Crippen LogP contribution in [0.5, 0.6) is 0 Å². The van der Waals surface area contributed by atoms with Crippen molar-refractivity contribution in [1.29, 1.82) is 0 Å². The maximum Gasteiger partial charge on any atom is 0.176 e. The van der Waals surface area contributed by atoms with Gasteiger partial charge in [-0.2, -0.15) is 0 Å². The number of carbonyl (C=O) groups is 1. The molecule has 0 aliphatic rings. The van der Waals surface area contributed by atoms with Crippen molar-refractivity contribution in [2.24, 2.45) is 0 Å². The highest BCUT2D eigenvalue weighted by Gasteiger charge is 1.66. The van der Waals surface area contributed by atoms with Crippen LogP contribution in [0.2, 0.25) is 0 Å². The van der Waals surface area contributed by atoms with Gasteiger partial charge in [0.15, 0.2) is 5.59 Å². The van der Waals surface area contributed by atoms with Crippen LogP contribution in [0.4, 0.5) is 0 Å². The van der Waals surface area contributed by atoms with Crippen molar-refractivity contribution in [3.63, 3.8) is 0 Å². The molecule has 0 aromatic carbocycles. The summed E-state index contributed by atoms with van der Waals surface area (Å²) in [7, 11) is 0. The molecule has 1 nitrogen and oxygen atoms in total. The van der Waals surface area contributed by atoms with Gasteiger partial charge >= 0.3 is 0 Å². The second-order valence-electron chi connectivity index (χ2n) is 0.516. The molecule has 0 aliphatic heterocycles. The zero-order chi connectivity index (χ0) is 4.99. The van der Waals surface area contributed by atoms with E-state index >= 15 is 0 Å². The first kappa shape index (κ1) is 3.22. The second-order valence-corrected chi connectivity index (χ2v) is 1.55. The predicted molar refractivity (Wildman–Crippen MR) is 24.9 cm³/mol. The van der Waals surface area contributed by atoms with Gasteiger partial charge in [-0.1, -0.05) is 18.7 Å². The lowest BCUT2D eigenvalue weighted by Crippen LogP contribution is -1.60. The lowest BCUT2D eigenvalue weighted by atomic mass is 11.0. The Balaban J connectivity index is 2.83. The van der Waals surface area contributed by atoms with Crippen molar-refractivity contribution in [2.45, 2.75) is 6.92 Å². The third-order valence-electron chi connectivity index (χ3n) is 0.203. The number of hydrogen-bond acceptors (Lipinski definition) is 2. The number of rotatable bonds is 1. The monoisotopic (exact) mass is 92.0 g/mol. The van der Waals surface area contributed by atoms with Crippen LogP contribution in [-0.4, -0.2) is 11.3 Å². The van der Waals surface area contributed by atoms with E-state index in [0.29, 0.717) is 5.75 Å². The summed E-state index contributed by atoms with van der Waals surface area (Å²) >= 11 is 1.01. The first-order chi connectivity index (χ1) is 2.77. The molecule has 0 saturated carbocycles. The van der Waals surface area contributed by atoms with Crippen LogP contribution in [-0.2, 0) is 4.79 Å². The Morgan fingerprint density at radius 2 is 3.00 bits per heavy atom. The highest BCUT2D eigenvalue weighted by Crippen LogP contribution is 1.86. The largest absolute Gasteiger partial charge is 0.291 e. The van der Waals surface area contributed by atoms with E-state index in [2.05, 4.69) is 0 Å². The molecule has 0 aromatic rings. The van der Waals surface area contributed by atoms with Crippen LogP contribution < -0.4 is 0 Å². The van der Waals surface area contributed by atoms with E-state index in [1.807, 2.05) is 6.92 Å². The van der Waals surface area contributed by atoms with Gasteiger partial charge in [0.25, 0.3) is 0 Å². The topological polar surface area (TPSA) is 17.1 Å². The Labute approximate surface area is 37.2 Å². The Kier molecular flexibility index (Phi) is 2.59. The summed E-state index contributed by atoms with van der Waals surface area (Å²) in [5, 5.41) is 0. The summed E-state index contributed by atoms with van der Waals surface area (Å²) in [6.07, 6.45) is 0. The molecule has 0 spiro atoms. The molecule has 0 N–H and O–H groups in total. The molecule has 30 valence electrons. The van der Waals surface area contributed by atoms with E-state index in [0.717, 1.165) is 11.8 Å². The molecule has 2 heteroatoms. The fourth-order valence-electron chi connectivity index (χ4n) is 0.0589. The summed E-state index contributed by atoms with van der Waals surface area (Å²) in [5.41, 5.74) is -0.544. The molecule has 0 bridgehead atoms. The zero-order valence-electron chi connectivity index (χ0n) is 4.02. The molecular weight excluding hydrogens is 84.1 g/mol. The van der Waals surface area contributed by atoms with Gasteiger partial charge < -0.3 is 0 Å². The van der Waals surface area contributed by atoms with Crippen LogP contribution in [0.15, 0.2) is 0 Å². The molecule has 0 radical (unpaired) electrons. The SMILES string of the molecule is [3H]C(=O)SCC. The Morgan fingerprint density at radius 3 is 3.00 bits per heavy atom. The first-order valence-corrected chi connectivity index (χ1v) is 2.39. The van der Waals surface area contributed by atoms with Gasteiger partial charge in [-0.05, 0) is 5.75 Å². The number of hydrogen-bond donors (Lipinski definition) is 0. The smallest absolute Gasteiger partial charge is 0.176 e. The van der Waals surface area contributed by atoms with Crippen molar-refractivity contribution in [1.82, 2.24) is 0 Å². The van der Waals surface area contributed by atoms with Crippen LogP contribution in [0.3, 0.4) is 0 Å². The van der Waals surface area contributed by atoms with E-state index in [-0.39, 0.29) is 0 Å². The van der Waals surface area contributed by atoms with Crippen molar-refractivity contribution in [3.05, 3.63) is 0 Å². The molecule has 0 rings (SSSR count). The molecule has 0 fully saturated rings. The minimum atomic E-state index is -0.544. The highest BCUT2D eigenvalue weighted by molar-refractivity contribution is 8.11. The normalized spacial score (nSPS) is 10.2. The Hall–Kier alpha value is 0.0200. The number of carbonyl (C=O) groups excluding carboxylic acids is 1. The average molecular weight is 92.2 g/mol. The van der Waals surface area contributed by atoms with Gasteiger partial charge in [-0.3, -0.25) is 4.79 Å². The summed E-state index contributed by atoms with van der Waals surface area (Å²) in [6, 6.07) is 0. The minimum Gasteiger partial charge on any atom is -0.291 e. The Bertz CT molecular complexity index is 54.8. The minimum absolute atomic E-state index is 0.544. The predicted octanol–water partition coefficient (Wildman–Crippen LogP) is 0.930. The van der Waals surface area contributed by atoms with Crippen molar-refractivity contribution < 1.29 is 6.17 Å². The molecule has 0 atom stereocenters. The molecule has 0 aliphatic carbocycles. The van der Waals surface area contributed by atoms with E-state index in [1.165, 1.54) is 0 Å². The molecule has 0 unspecified atom stereocenters. The van der Waals surface area contributed by atoms with Crippen molar-refractivity contribution >= 4 is 17.4 Å². The van der Waals surface area contributed by atoms with E-state index in [9.17, 15) is 4.79 Å². The molecule has 5 heavy (non-hydrogen) atoms. The fourth-order valence-corrected chi connectivity index (χ4v) is 0.177. The zero-order valence-corrected chi connectivity index (χ0v) is 3.84. The molecule has 0 heterocycles. The van der Waals surface area contributed by atoms with Gasteiger partial charge in [-0.25, -0.2) is 0 Å². The summed E-state index contributed by atoms with van der Waals surface area (Å²) < 4.78 is 6.30. The van der Waals surface area contributed by atoms with Crippen LogP contribution in [0.25, 0.3) is 0 Å². The summed E-state index contributed by atoms with van der Waals surface area (Å²) in [6.45, 7) is 1.84. The molecule has 0 saturated heterocycles. The van der Waals surface area contributed by atoms with E-state index in [4.69, 9.17) is 1.37 Å². The first-order valence-electron chi connectivity index (χ1n) is 1.90. The summed E-state index contributed by atoms with van der Waals surface area (Å²) in [5.74, 6) is 0.711. The van der Waals surface area contributed by atoms with Crippen molar-refractivity contribution in [3.8, 4) is 0 Å². The van der Waals surface area contributed by atoms with Gasteiger partial charge in [0, 0.05) is 0 Å². The number of thioether (sulfide) groups is 1. The van der Waals surface area contributed by atoms with Crippen LogP contribution >= 0.6 is 11.8 Å². The van der Waals surface area contributed by atoms with Gasteiger partial charge in [0.1, 0.15) is 1.37 Å². The second kappa shape index (κ2) is 4.02. The Morgan fingerprint density at radius 1 is 2.40 bits per heavy atom. The maximum atomic E-state index is 9.67. The lowest BCUT2D eigenvalue weighted by Gasteiger charge is -1.69. The van der Waals surface area contributed by atoms with Crippen molar-refractivity contribution in [2.75, 3.05) is 5.75 Å². The van der Waals surface area contributed by atoms with Gasteiger partial charge in [0.2, 0.25) is 0 Å². The maximum absolute atomic E-state index is 9.67. The third-order valence-corrected chi connectivity index (χ3v) is 0.610. The molecular formula is C3H6OS. The molecule has 0 aromatic heterocycles. The van der Waals surface area contributed by atoms with Crippen LogP contribution in [0.1, 0.15) is 8.29 Å². The average Bonchev–Trinajstić information content (AvgIpc) is 1.35. The third kappa shape index (κ3) is 4.02. The lowest BCUT2D eigenvalue weighted by molar-refractivity contribution is 0.570. The van der Waals surface area contributed by atoms with Crippen LogP contribution in [0, 0.1) is 0 Å². The quantitative estimate of drug-likeness (QED) is 0.447. The summed E-state index contributed by atoms with van der Waals surface area (Å²) in [4.78, 5) is 9.67.